The van der Waals surface area contributed by atoms with Crippen molar-refractivity contribution in [3.63, 3.8) is 0 Å². The molecule has 0 radical (unpaired) electrons. The van der Waals surface area contributed by atoms with Gasteiger partial charge in [-0.25, -0.2) is 4.98 Å². The standard InChI is InChI=1S/C25H22N2O3/c1-16(2)17-11-13-18(14-12-17)22-21(23(28)19-8-4-3-5-9-19)24(29)25(30)27(22)20-10-6-7-15-26-20/h3-16,22,28H,1-2H3/b23-21+/t22-/m0/s1. The molecule has 1 atom stereocenters. The van der Waals surface area contributed by atoms with Gasteiger partial charge >= 0.3 is 5.91 Å². The van der Waals surface area contributed by atoms with Crippen molar-refractivity contribution in [1.82, 2.24) is 4.98 Å². The molecule has 2 aromatic carbocycles. The lowest BCUT2D eigenvalue weighted by molar-refractivity contribution is -0.132. The van der Waals surface area contributed by atoms with Crippen molar-refractivity contribution >= 4 is 23.3 Å². The molecule has 5 nitrogen and oxygen atoms in total. The molecular weight excluding hydrogens is 376 g/mol. The van der Waals surface area contributed by atoms with Crippen LogP contribution in [0.4, 0.5) is 5.82 Å². The smallest absolute Gasteiger partial charge is 0.301 e. The molecule has 1 saturated heterocycles. The quantitative estimate of drug-likeness (QED) is 0.388. The molecule has 150 valence electrons. The summed E-state index contributed by atoms with van der Waals surface area (Å²) < 4.78 is 0. The van der Waals surface area contributed by atoms with Crippen molar-refractivity contribution in [2.75, 3.05) is 4.90 Å². The fourth-order valence-corrected chi connectivity index (χ4v) is 3.70. The maximum atomic E-state index is 13.0. The number of carbonyl (C=O) groups excluding carboxylic acids is 2. The van der Waals surface area contributed by atoms with E-state index < -0.39 is 17.7 Å². The summed E-state index contributed by atoms with van der Waals surface area (Å²) in [4.78, 5) is 31.7. The molecule has 0 saturated carbocycles. The van der Waals surface area contributed by atoms with Gasteiger partial charge in [-0.05, 0) is 29.2 Å². The average Bonchev–Trinajstić information content (AvgIpc) is 3.05. The fraction of sp³-hybridized carbons (Fsp3) is 0.160. The molecule has 3 aromatic rings. The van der Waals surface area contributed by atoms with Crippen LogP contribution in [0.5, 0.6) is 0 Å². The number of carbonyl (C=O) groups is 2. The Hall–Kier alpha value is -3.73. The van der Waals surface area contributed by atoms with E-state index in [4.69, 9.17) is 0 Å². The zero-order valence-electron chi connectivity index (χ0n) is 16.8. The number of aliphatic hydroxyl groups is 1. The van der Waals surface area contributed by atoms with Gasteiger partial charge in [-0.2, -0.15) is 0 Å². The van der Waals surface area contributed by atoms with Crippen LogP contribution in [0, 0.1) is 0 Å². The Bertz CT molecular complexity index is 1100. The number of pyridine rings is 1. The first-order valence-corrected chi connectivity index (χ1v) is 9.86. The van der Waals surface area contributed by atoms with Gasteiger partial charge in [0.25, 0.3) is 5.78 Å². The number of aliphatic hydroxyl groups excluding tert-OH is 1. The molecule has 1 aliphatic heterocycles. The summed E-state index contributed by atoms with van der Waals surface area (Å²) in [6.45, 7) is 4.20. The molecule has 4 rings (SSSR count). The molecule has 0 bridgehead atoms. The van der Waals surface area contributed by atoms with Crippen LogP contribution in [0.1, 0.15) is 42.5 Å². The van der Waals surface area contributed by atoms with Crippen molar-refractivity contribution in [1.29, 1.82) is 0 Å². The van der Waals surface area contributed by atoms with E-state index in [0.717, 1.165) is 11.1 Å². The third kappa shape index (κ3) is 3.39. The summed E-state index contributed by atoms with van der Waals surface area (Å²) in [5.74, 6) is -0.899. The molecule has 5 heteroatoms. The van der Waals surface area contributed by atoms with E-state index in [1.54, 1.807) is 48.7 Å². The van der Waals surface area contributed by atoms with E-state index >= 15 is 0 Å². The number of ketones is 1. The summed E-state index contributed by atoms with van der Waals surface area (Å²) in [5, 5.41) is 11.0. The summed E-state index contributed by atoms with van der Waals surface area (Å²) >= 11 is 0. The SMILES string of the molecule is CC(C)c1ccc([C@H]2/C(=C(\O)c3ccccc3)C(=O)C(=O)N2c2ccccn2)cc1. The van der Waals surface area contributed by atoms with Gasteiger partial charge < -0.3 is 5.11 Å². The number of benzene rings is 2. The predicted octanol–water partition coefficient (Wildman–Crippen LogP) is 4.83. The number of nitrogens with zero attached hydrogens (tertiary/aromatic N) is 2. The van der Waals surface area contributed by atoms with Gasteiger partial charge in [0, 0.05) is 11.8 Å². The second-order valence-electron chi connectivity index (χ2n) is 7.54. The number of rotatable bonds is 4. The zero-order chi connectivity index (χ0) is 21.3. The Morgan fingerprint density at radius 2 is 1.60 bits per heavy atom. The first kappa shape index (κ1) is 19.6. The molecule has 1 N–H and O–H groups in total. The highest BCUT2D eigenvalue weighted by atomic mass is 16.3. The molecule has 2 heterocycles. The third-order valence-corrected chi connectivity index (χ3v) is 5.31. The van der Waals surface area contributed by atoms with Gasteiger partial charge in [-0.1, -0.05) is 74.5 Å². The van der Waals surface area contributed by atoms with Gasteiger partial charge in [0.1, 0.15) is 11.6 Å². The average molecular weight is 398 g/mol. The molecule has 1 aromatic heterocycles. The van der Waals surface area contributed by atoms with Crippen LogP contribution in [0.25, 0.3) is 5.76 Å². The number of Topliss-reactive ketones (excluding diaryl/α,β-unsaturated/α-hetero) is 1. The highest BCUT2D eigenvalue weighted by Crippen LogP contribution is 2.41. The largest absolute Gasteiger partial charge is 0.507 e. The lowest BCUT2D eigenvalue weighted by atomic mass is 9.93. The lowest BCUT2D eigenvalue weighted by Gasteiger charge is -2.24. The first-order chi connectivity index (χ1) is 14.5. The van der Waals surface area contributed by atoms with Gasteiger partial charge in [-0.15, -0.1) is 0 Å². The van der Waals surface area contributed by atoms with Crippen LogP contribution in [0.2, 0.25) is 0 Å². The number of amides is 1. The third-order valence-electron chi connectivity index (χ3n) is 5.31. The maximum Gasteiger partial charge on any atom is 0.301 e. The van der Waals surface area contributed by atoms with Crippen molar-refractivity contribution in [3.8, 4) is 0 Å². The van der Waals surface area contributed by atoms with Crippen LogP contribution < -0.4 is 4.90 Å². The van der Waals surface area contributed by atoms with E-state index in [0.29, 0.717) is 17.3 Å². The Morgan fingerprint density at radius 3 is 2.20 bits per heavy atom. The van der Waals surface area contributed by atoms with Crippen LogP contribution in [0.3, 0.4) is 0 Å². The summed E-state index contributed by atoms with van der Waals surface area (Å²) in [5.41, 5.74) is 2.44. The maximum absolute atomic E-state index is 13.0. The van der Waals surface area contributed by atoms with Crippen molar-refractivity contribution in [3.05, 3.63) is 101 Å². The van der Waals surface area contributed by atoms with Crippen molar-refractivity contribution in [2.45, 2.75) is 25.8 Å². The molecule has 0 unspecified atom stereocenters. The molecule has 1 amide bonds. The predicted molar refractivity (Wildman–Crippen MR) is 116 cm³/mol. The van der Waals surface area contributed by atoms with Gasteiger partial charge in [0.05, 0.1) is 11.6 Å². The number of hydrogen-bond donors (Lipinski definition) is 1. The lowest BCUT2D eigenvalue weighted by Crippen LogP contribution is -2.30. The topological polar surface area (TPSA) is 70.5 Å². The van der Waals surface area contributed by atoms with E-state index in [1.165, 1.54) is 4.90 Å². The fourth-order valence-electron chi connectivity index (χ4n) is 3.70. The molecule has 1 aliphatic rings. The second-order valence-corrected chi connectivity index (χ2v) is 7.54. The van der Waals surface area contributed by atoms with Crippen LogP contribution in [0.15, 0.2) is 84.6 Å². The molecule has 0 spiro atoms. The minimum absolute atomic E-state index is 0.0640. The molecule has 30 heavy (non-hydrogen) atoms. The number of hydrogen-bond acceptors (Lipinski definition) is 4. The zero-order valence-corrected chi connectivity index (χ0v) is 16.8. The number of anilines is 1. The second kappa shape index (κ2) is 7.95. The summed E-state index contributed by atoms with van der Waals surface area (Å²) in [6, 6.07) is 21.0. The molecule has 1 fully saturated rings. The van der Waals surface area contributed by atoms with Gasteiger partial charge in [0.15, 0.2) is 0 Å². The first-order valence-electron chi connectivity index (χ1n) is 9.86. The Labute approximate surface area is 175 Å². The van der Waals surface area contributed by atoms with Crippen LogP contribution >= 0.6 is 0 Å². The van der Waals surface area contributed by atoms with Crippen molar-refractivity contribution in [2.24, 2.45) is 0 Å². The normalized spacial score (nSPS) is 18.2. The molecular formula is C25H22N2O3. The minimum Gasteiger partial charge on any atom is -0.507 e. The Morgan fingerprint density at radius 1 is 0.933 bits per heavy atom. The Kier molecular flexibility index (Phi) is 5.19. The van der Waals surface area contributed by atoms with Crippen LogP contribution in [-0.2, 0) is 9.59 Å². The van der Waals surface area contributed by atoms with E-state index in [2.05, 4.69) is 18.8 Å². The van der Waals surface area contributed by atoms with E-state index in [1.807, 2.05) is 30.3 Å². The summed E-state index contributed by atoms with van der Waals surface area (Å²) in [6.07, 6.45) is 1.57. The highest BCUT2D eigenvalue weighted by molar-refractivity contribution is 6.51. The molecule has 0 aliphatic carbocycles. The van der Waals surface area contributed by atoms with Crippen LogP contribution in [-0.4, -0.2) is 21.8 Å². The highest BCUT2D eigenvalue weighted by Gasteiger charge is 2.47. The van der Waals surface area contributed by atoms with Gasteiger partial charge in [0.2, 0.25) is 0 Å². The Balaban J connectivity index is 1.92. The van der Waals surface area contributed by atoms with Crippen molar-refractivity contribution < 1.29 is 14.7 Å². The monoisotopic (exact) mass is 398 g/mol. The van der Waals surface area contributed by atoms with Gasteiger partial charge in [-0.3, -0.25) is 14.5 Å². The van der Waals surface area contributed by atoms with E-state index in [-0.39, 0.29) is 11.3 Å². The number of aromatic nitrogens is 1. The summed E-state index contributed by atoms with van der Waals surface area (Å²) in [7, 11) is 0. The minimum atomic E-state index is -0.763. The van der Waals surface area contributed by atoms with E-state index in [9.17, 15) is 14.7 Å².